The zero-order valence-electron chi connectivity index (χ0n) is 21.0. The smallest absolute Gasteiger partial charge is 0.347 e. The summed E-state index contributed by atoms with van der Waals surface area (Å²) in [6.07, 6.45) is -2.77. The van der Waals surface area contributed by atoms with Crippen molar-refractivity contribution in [2.45, 2.75) is 50.9 Å². The van der Waals surface area contributed by atoms with Crippen molar-refractivity contribution in [3.63, 3.8) is 0 Å². The van der Waals surface area contributed by atoms with Crippen molar-refractivity contribution in [2.75, 3.05) is 9.80 Å². The van der Waals surface area contributed by atoms with Crippen molar-refractivity contribution >= 4 is 51.9 Å². The van der Waals surface area contributed by atoms with E-state index in [0.717, 1.165) is 17.0 Å². The number of benzene rings is 2. The number of nitrogens with one attached hydrogen (secondary N) is 1. The van der Waals surface area contributed by atoms with Crippen LogP contribution >= 0.6 is 23.6 Å². The van der Waals surface area contributed by atoms with Gasteiger partial charge in [-0.2, -0.15) is 18.4 Å². The predicted molar refractivity (Wildman–Crippen MR) is 144 cm³/mol. The maximum Gasteiger partial charge on any atom is 0.417 e. The molecule has 2 amide bonds. The van der Waals surface area contributed by atoms with Crippen LogP contribution < -0.4 is 15.1 Å². The number of halogens is 4. The van der Waals surface area contributed by atoms with Crippen molar-refractivity contribution in [2.24, 2.45) is 0 Å². The highest BCUT2D eigenvalue weighted by molar-refractivity contribution is 7.81. The molecule has 0 unspecified atom stereocenters. The first-order valence-corrected chi connectivity index (χ1v) is 13.6. The molecular weight excluding hydrogens is 566 g/mol. The molecule has 206 valence electrons. The summed E-state index contributed by atoms with van der Waals surface area (Å²) in [5, 5.41) is 11.7. The van der Waals surface area contributed by atoms with Gasteiger partial charge >= 0.3 is 6.18 Å². The number of amides is 2. The number of anilines is 2. The van der Waals surface area contributed by atoms with Gasteiger partial charge in [0.25, 0.3) is 11.8 Å². The highest BCUT2D eigenvalue weighted by Crippen LogP contribution is 2.48. The molecule has 0 bridgehead atoms. The topological polar surface area (TPSA) is 89.3 Å². The van der Waals surface area contributed by atoms with Crippen LogP contribution in [0.15, 0.2) is 41.9 Å². The maximum atomic E-state index is 15.2. The quantitative estimate of drug-likeness (QED) is 0.293. The lowest BCUT2D eigenvalue weighted by molar-refractivity contribution is -0.137. The molecular formula is C27H21F4N5O2S2. The largest absolute Gasteiger partial charge is 0.417 e. The summed E-state index contributed by atoms with van der Waals surface area (Å²) >= 11 is 6.78. The van der Waals surface area contributed by atoms with E-state index < -0.39 is 34.6 Å². The van der Waals surface area contributed by atoms with Crippen molar-refractivity contribution in [3.8, 4) is 6.07 Å². The fourth-order valence-corrected chi connectivity index (χ4v) is 6.26. The van der Waals surface area contributed by atoms with E-state index in [1.54, 1.807) is 11.6 Å². The van der Waals surface area contributed by atoms with Crippen LogP contribution in [-0.4, -0.2) is 27.4 Å². The van der Waals surface area contributed by atoms with Gasteiger partial charge in [-0.25, -0.2) is 9.37 Å². The summed E-state index contributed by atoms with van der Waals surface area (Å²) < 4.78 is 56.1. The number of aryl methyl sites for hydroxylation is 1. The van der Waals surface area contributed by atoms with Gasteiger partial charge in [-0.05, 0) is 68.2 Å². The molecule has 5 rings (SSSR count). The van der Waals surface area contributed by atoms with Crippen LogP contribution in [0.1, 0.15) is 58.2 Å². The van der Waals surface area contributed by atoms with Gasteiger partial charge in [0.1, 0.15) is 16.2 Å². The second kappa shape index (κ2) is 10.3. The SMILES string of the molecule is CCc1ncsc1C(=O)NCc1ccc(N2C(=S)N(c3ccc(C#N)c(C(F)(F)F)c3)C(=O)C23CCC3)cc1F. The van der Waals surface area contributed by atoms with Crippen molar-refractivity contribution in [3.05, 3.63) is 75.0 Å². The minimum Gasteiger partial charge on any atom is -0.347 e. The first-order chi connectivity index (χ1) is 19.0. The zero-order chi connectivity index (χ0) is 28.8. The van der Waals surface area contributed by atoms with Gasteiger partial charge in [-0.15, -0.1) is 11.3 Å². The second-order valence-corrected chi connectivity index (χ2v) is 10.6. The first-order valence-electron chi connectivity index (χ1n) is 12.3. The Labute approximate surface area is 236 Å². The zero-order valence-corrected chi connectivity index (χ0v) is 22.6. The standard InChI is InChI=1S/C27H21F4N5O2S2/c1-2-21-22(40-14-34-21)23(37)33-13-16-5-7-18(11-20(16)28)36-25(39)35(24(38)26(36)8-3-9-26)17-6-4-15(12-32)19(10-17)27(29,30)31/h4-7,10-11,14H,2-3,8-9,13H2,1H3,(H,33,37). The Kier molecular flexibility index (Phi) is 7.09. The first kappa shape index (κ1) is 27.7. The number of alkyl halides is 3. The van der Waals surface area contributed by atoms with E-state index >= 15 is 4.39 Å². The number of thiazole rings is 1. The average Bonchev–Trinajstić information content (AvgIpc) is 3.47. The van der Waals surface area contributed by atoms with Gasteiger partial charge in [0.05, 0.1) is 34.1 Å². The van der Waals surface area contributed by atoms with Gasteiger partial charge in [0, 0.05) is 17.8 Å². The second-order valence-electron chi connectivity index (χ2n) is 9.42. The lowest BCUT2D eigenvalue weighted by Gasteiger charge is -2.43. The number of hydrogen-bond acceptors (Lipinski definition) is 6. The molecule has 1 aliphatic heterocycles. The number of hydrogen-bond donors (Lipinski definition) is 1. The van der Waals surface area contributed by atoms with E-state index in [9.17, 15) is 22.8 Å². The monoisotopic (exact) mass is 587 g/mol. The van der Waals surface area contributed by atoms with Crippen LogP contribution in [0.5, 0.6) is 0 Å². The molecule has 1 N–H and O–H groups in total. The molecule has 13 heteroatoms. The number of carbonyl (C=O) groups excluding carboxylic acids is 2. The van der Waals surface area contributed by atoms with E-state index in [4.69, 9.17) is 17.5 Å². The Morgan fingerprint density at radius 1 is 1.23 bits per heavy atom. The van der Waals surface area contributed by atoms with Crippen LogP contribution in [-0.2, 0) is 23.9 Å². The predicted octanol–water partition coefficient (Wildman–Crippen LogP) is 5.73. The number of nitrogens with zero attached hydrogens (tertiary/aromatic N) is 4. The van der Waals surface area contributed by atoms with Gasteiger partial charge in [0.15, 0.2) is 5.11 Å². The summed E-state index contributed by atoms with van der Waals surface area (Å²) in [6.45, 7) is 1.79. The number of aromatic nitrogens is 1. The molecule has 2 aromatic carbocycles. The van der Waals surface area contributed by atoms with E-state index in [1.807, 2.05) is 6.92 Å². The van der Waals surface area contributed by atoms with Crippen molar-refractivity contribution in [1.82, 2.24) is 10.3 Å². The number of carbonyl (C=O) groups is 2. The minimum absolute atomic E-state index is 0.0831. The van der Waals surface area contributed by atoms with Gasteiger partial charge in [0.2, 0.25) is 0 Å². The maximum absolute atomic E-state index is 15.2. The molecule has 1 aromatic heterocycles. The molecule has 40 heavy (non-hydrogen) atoms. The lowest BCUT2D eigenvalue weighted by Crippen LogP contribution is -2.55. The normalized spacial score (nSPS) is 16.3. The van der Waals surface area contributed by atoms with E-state index in [0.29, 0.717) is 36.3 Å². The van der Waals surface area contributed by atoms with Crippen molar-refractivity contribution < 1.29 is 27.2 Å². The highest BCUT2D eigenvalue weighted by atomic mass is 32.1. The third-order valence-corrected chi connectivity index (χ3v) is 8.43. The van der Waals surface area contributed by atoms with Crippen LogP contribution in [0, 0.1) is 17.1 Å². The van der Waals surface area contributed by atoms with Gasteiger partial charge < -0.3 is 10.2 Å². The molecule has 0 atom stereocenters. The van der Waals surface area contributed by atoms with Crippen LogP contribution in [0.3, 0.4) is 0 Å². The summed E-state index contributed by atoms with van der Waals surface area (Å²) in [6, 6.07) is 8.75. The molecule has 2 fully saturated rings. The lowest BCUT2D eigenvalue weighted by atomic mass is 9.75. The number of nitriles is 1. The molecule has 3 aromatic rings. The van der Waals surface area contributed by atoms with Crippen LogP contribution in [0.25, 0.3) is 0 Å². The molecule has 2 heterocycles. The van der Waals surface area contributed by atoms with Crippen molar-refractivity contribution in [1.29, 1.82) is 5.26 Å². The molecule has 1 saturated heterocycles. The third kappa shape index (κ3) is 4.50. The summed E-state index contributed by atoms with van der Waals surface area (Å²) in [5.74, 6) is -1.51. The minimum atomic E-state index is -4.81. The molecule has 1 saturated carbocycles. The Bertz CT molecular complexity index is 1580. The Morgan fingerprint density at radius 2 is 1.95 bits per heavy atom. The van der Waals surface area contributed by atoms with E-state index in [2.05, 4.69) is 10.3 Å². The third-order valence-electron chi connectivity index (χ3n) is 7.20. The van der Waals surface area contributed by atoms with Crippen LogP contribution in [0.4, 0.5) is 28.9 Å². The Balaban J connectivity index is 1.43. The summed E-state index contributed by atoms with van der Waals surface area (Å²) in [7, 11) is 0. The average molecular weight is 588 g/mol. The number of rotatable bonds is 6. The highest BCUT2D eigenvalue weighted by Gasteiger charge is 2.59. The van der Waals surface area contributed by atoms with E-state index in [-0.39, 0.29) is 34.5 Å². The summed E-state index contributed by atoms with van der Waals surface area (Å²) in [5.41, 5.74) is -0.305. The Morgan fingerprint density at radius 3 is 2.55 bits per heavy atom. The molecule has 1 spiro atoms. The fourth-order valence-electron chi connectivity index (χ4n) is 4.99. The molecule has 0 radical (unpaired) electrons. The van der Waals surface area contributed by atoms with Gasteiger partial charge in [-0.1, -0.05) is 13.0 Å². The molecule has 7 nitrogen and oxygen atoms in total. The van der Waals surface area contributed by atoms with Gasteiger partial charge in [-0.3, -0.25) is 14.5 Å². The van der Waals surface area contributed by atoms with E-state index in [1.165, 1.54) is 40.5 Å². The van der Waals surface area contributed by atoms with Crippen LogP contribution in [0.2, 0.25) is 0 Å². The Hall–Kier alpha value is -3.89. The fraction of sp³-hybridized carbons (Fsp3) is 0.296. The molecule has 2 aliphatic rings. The molecule has 1 aliphatic carbocycles. The summed E-state index contributed by atoms with van der Waals surface area (Å²) in [4.78, 5) is 33.3. The number of thiocarbonyl (C=S) groups is 1.